The van der Waals surface area contributed by atoms with E-state index in [1.54, 1.807) is 6.07 Å². The van der Waals surface area contributed by atoms with Gasteiger partial charge in [-0.1, -0.05) is 90.4 Å². The van der Waals surface area contributed by atoms with Crippen molar-refractivity contribution in [2.75, 3.05) is 0 Å². The van der Waals surface area contributed by atoms with Gasteiger partial charge in [-0.25, -0.2) is 4.79 Å². The summed E-state index contributed by atoms with van der Waals surface area (Å²) in [4.78, 5) is 11.5. The molecule has 162 valence electrons. The summed E-state index contributed by atoms with van der Waals surface area (Å²) < 4.78 is 5.19. The molecule has 2 rings (SSSR count). The monoisotopic (exact) mass is 400 g/mol. The van der Waals surface area contributed by atoms with Crippen molar-refractivity contribution in [1.82, 2.24) is 0 Å². The second-order valence-corrected chi connectivity index (χ2v) is 8.57. The lowest BCUT2D eigenvalue weighted by atomic mass is 10.0. The van der Waals surface area contributed by atoms with Crippen LogP contribution in [0.3, 0.4) is 0 Å². The van der Waals surface area contributed by atoms with Crippen LogP contribution in [0.5, 0.6) is 5.75 Å². The molecule has 0 radical (unpaired) electrons. The summed E-state index contributed by atoms with van der Waals surface area (Å²) in [5.41, 5.74) is 1.96. The third-order valence-corrected chi connectivity index (χ3v) is 5.95. The largest absolute Gasteiger partial charge is 0.508 e. The predicted octanol–water partition coefficient (Wildman–Crippen LogP) is 7.83. The van der Waals surface area contributed by atoms with Crippen LogP contribution in [0.1, 0.15) is 108 Å². The van der Waals surface area contributed by atoms with Crippen molar-refractivity contribution in [3.8, 4) is 5.75 Å². The summed E-state index contributed by atoms with van der Waals surface area (Å²) in [5, 5.41) is 11.2. The van der Waals surface area contributed by atoms with Crippen LogP contribution in [0, 0.1) is 6.92 Å². The van der Waals surface area contributed by atoms with E-state index in [0.29, 0.717) is 5.58 Å². The van der Waals surface area contributed by atoms with E-state index in [-0.39, 0.29) is 11.4 Å². The van der Waals surface area contributed by atoms with Gasteiger partial charge in [0.2, 0.25) is 0 Å². The summed E-state index contributed by atoms with van der Waals surface area (Å²) in [7, 11) is 0. The molecule has 0 aliphatic heterocycles. The molecule has 1 aromatic heterocycles. The lowest BCUT2D eigenvalue weighted by molar-refractivity contribution is 0.463. The number of fused-ring (bicyclic) bond motifs is 1. The van der Waals surface area contributed by atoms with Gasteiger partial charge in [-0.15, -0.1) is 0 Å². The van der Waals surface area contributed by atoms with E-state index in [9.17, 15) is 9.90 Å². The van der Waals surface area contributed by atoms with Gasteiger partial charge in [0, 0.05) is 17.5 Å². The molecule has 0 atom stereocenters. The van der Waals surface area contributed by atoms with Gasteiger partial charge in [0.05, 0.1) is 0 Å². The van der Waals surface area contributed by atoms with Crippen molar-refractivity contribution >= 4 is 11.0 Å². The number of phenolic OH excluding ortho intramolecular Hbond substituents is 1. The summed E-state index contributed by atoms with van der Waals surface area (Å²) in [5.74, 6) is 0.237. The highest BCUT2D eigenvalue weighted by molar-refractivity contribution is 5.82. The average Bonchev–Trinajstić information content (AvgIpc) is 2.68. The minimum atomic E-state index is -0.367. The number of hydrogen-bond donors (Lipinski definition) is 1. The molecule has 0 aliphatic rings. The molecule has 3 heteroatoms. The number of hydrogen-bond acceptors (Lipinski definition) is 3. The first-order valence-corrected chi connectivity index (χ1v) is 11.9. The van der Waals surface area contributed by atoms with Crippen LogP contribution in [0.2, 0.25) is 0 Å². The molecule has 0 unspecified atom stereocenters. The summed E-state index contributed by atoms with van der Waals surface area (Å²) in [6.45, 7) is 4.18. The zero-order chi connectivity index (χ0) is 20.9. The van der Waals surface area contributed by atoms with Crippen molar-refractivity contribution in [2.24, 2.45) is 0 Å². The average molecular weight is 401 g/mol. The van der Waals surface area contributed by atoms with Gasteiger partial charge < -0.3 is 9.52 Å². The SMILES string of the molecule is CCCCCCCCCCCCCCCCc1cc2c(C)cc(=O)oc2cc1O. The van der Waals surface area contributed by atoms with E-state index in [1.165, 1.54) is 89.5 Å². The van der Waals surface area contributed by atoms with Crippen LogP contribution in [0.4, 0.5) is 0 Å². The number of aryl methyl sites for hydroxylation is 2. The highest BCUT2D eigenvalue weighted by Crippen LogP contribution is 2.27. The summed E-state index contributed by atoms with van der Waals surface area (Å²) in [6.07, 6.45) is 19.7. The van der Waals surface area contributed by atoms with E-state index < -0.39 is 0 Å². The Morgan fingerprint density at radius 3 is 1.83 bits per heavy atom. The third kappa shape index (κ3) is 8.64. The molecule has 1 aromatic carbocycles. The molecular formula is C26H40O3. The van der Waals surface area contributed by atoms with E-state index in [0.717, 1.165) is 29.4 Å². The van der Waals surface area contributed by atoms with Crippen LogP contribution in [0.25, 0.3) is 11.0 Å². The Hall–Kier alpha value is -1.77. The number of rotatable bonds is 15. The molecule has 0 aliphatic carbocycles. The van der Waals surface area contributed by atoms with Crippen LogP contribution in [0.15, 0.2) is 27.4 Å². The Kier molecular flexibility index (Phi) is 10.9. The molecule has 0 spiro atoms. The maximum atomic E-state index is 11.5. The van der Waals surface area contributed by atoms with Gasteiger partial charge in [0.1, 0.15) is 11.3 Å². The van der Waals surface area contributed by atoms with E-state index >= 15 is 0 Å². The van der Waals surface area contributed by atoms with Crippen LogP contribution < -0.4 is 5.63 Å². The smallest absolute Gasteiger partial charge is 0.336 e. The fourth-order valence-electron chi connectivity index (χ4n) is 4.11. The maximum absolute atomic E-state index is 11.5. The van der Waals surface area contributed by atoms with Gasteiger partial charge in [0.25, 0.3) is 0 Å². The minimum absolute atomic E-state index is 0.237. The second-order valence-electron chi connectivity index (χ2n) is 8.57. The summed E-state index contributed by atoms with van der Waals surface area (Å²) in [6, 6.07) is 5.07. The van der Waals surface area contributed by atoms with E-state index in [2.05, 4.69) is 6.92 Å². The number of phenols is 1. The molecule has 2 aromatic rings. The number of aromatic hydroxyl groups is 1. The van der Waals surface area contributed by atoms with Crippen LogP contribution in [-0.4, -0.2) is 5.11 Å². The van der Waals surface area contributed by atoms with E-state index in [1.807, 2.05) is 13.0 Å². The topological polar surface area (TPSA) is 50.4 Å². The molecule has 0 saturated carbocycles. The predicted molar refractivity (Wildman–Crippen MR) is 123 cm³/mol. The zero-order valence-corrected chi connectivity index (χ0v) is 18.6. The van der Waals surface area contributed by atoms with Crippen molar-refractivity contribution in [3.63, 3.8) is 0 Å². The zero-order valence-electron chi connectivity index (χ0n) is 18.6. The Morgan fingerprint density at radius 2 is 1.28 bits per heavy atom. The fourth-order valence-corrected chi connectivity index (χ4v) is 4.11. The standard InChI is InChI=1S/C26H40O3/c1-3-4-5-6-7-8-9-10-11-12-13-14-15-16-17-22-19-23-21(2)18-26(28)29-25(23)20-24(22)27/h18-20,27H,3-17H2,1-2H3. The number of unbranched alkanes of at least 4 members (excludes halogenated alkanes) is 13. The first-order valence-electron chi connectivity index (χ1n) is 11.9. The van der Waals surface area contributed by atoms with E-state index in [4.69, 9.17) is 4.42 Å². The quantitative estimate of drug-likeness (QED) is 0.245. The van der Waals surface area contributed by atoms with Gasteiger partial charge in [-0.2, -0.15) is 0 Å². The Morgan fingerprint density at radius 1 is 0.759 bits per heavy atom. The lowest BCUT2D eigenvalue weighted by Crippen LogP contribution is -1.98. The second kappa shape index (κ2) is 13.5. The number of benzene rings is 1. The third-order valence-electron chi connectivity index (χ3n) is 5.95. The maximum Gasteiger partial charge on any atom is 0.336 e. The van der Waals surface area contributed by atoms with Crippen molar-refractivity contribution in [1.29, 1.82) is 0 Å². The van der Waals surface area contributed by atoms with Gasteiger partial charge >= 0.3 is 5.63 Å². The summed E-state index contributed by atoms with van der Waals surface area (Å²) >= 11 is 0. The van der Waals surface area contributed by atoms with Crippen LogP contribution >= 0.6 is 0 Å². The van der Waals surface area contributed by atoms with Gasteiger partial charge in [0.15, 0.2) is 0 Å². The Labute approximate surface area is 176 Å². The first-order chi connectivity index (χ1) is 14.1. The fraction of sp³-hybridized carbons (Fsp3) is 0.654. The molecule has 0 amide bonds. The molecule has 3 nitrogen and oxygen atoms in total. The first kappa shape index (κ1) is 23.5. The highest BCUT2D eigenvalue weighted by Gasteiger charge is 2.08. The highest BCUT2D eigenvalue weighted by atomic mass is 16.4. The van der Waals surface area contributed by atoms with Crippen molar-refractivity contribution < 1.29 is 9.52 Å². The molecule has 0 fully saturated rings. The Bertz CT molecular complexity index is 775. The van der Waals surface area contributed by atoms with Gasteiger partial charge in [-0.05, 0) is 37.0 Å². The Balaban J connectivity index is 1.55. The van der Waals surface area contributed by atoms with Gasteiger partial charge in [-0.3, -0.25) is 0 Å². The van der Waals surface area contributed by atoms with Crippen LogP contribution in [-0.2, 0) is 6.42 Å². The molecule has 1 heterocycles. The van der Waals surface area contributed by atoms with Crippen molar-refractivity contribution in [3.05, 3.63) is 39.7 Å². The molecule has 0 saturated heterocycles. The lowest BCUT2D eigenvalue weighted by Gasteiger charge is -2.08. The minimum Gasteiger partial charge on any atom is -0.508 e. The normalized spacial score (nSPS) is 11.4. The molecule has 1 N–H and O–H groups in total. The van der Waals surface area contributed by atoms with Crippen molar-refractivity contribution in [2.45, 2.75) is 110 Å². The molecule has 0 bridgehead atoms. The molecule has 29 heavy (non-hydrogen) atoms. The molecular weight excluding hydrogens is 360 g/mol.